The zero-order chi connectivity index (χ0) is 14.7. The maximum absolute atomic E-state index is 12.0. The zero-order valence-corrected chi connectivity index (χ0v) is 11.9. The van der Waals surface area contributed by atoms with Crippen LogP contribution in [0, 0.1) is 0 Å². The number of amides is 1. The van der Waals surface area contributed by atoms with Crippen LogP contribution in [0.25, 0.3) is 0 Å². The van der Waals surface area contributed by atoms with Gasteiger partial charge in [0, 0.05) is 25.3 Å². The van der Waals surface area contributed by atoms with Crippen LogP contribution in [0.3, 0.4) is 0 Å². The summed E-state index contributed by atoms with van der Waals surface area (Å²) < 4.78 is 5.28. The van der Waals surface area contributed by atoms with Crippen LogP contribution in [0.5, 0.6) is 0 Å². The fraction of sp³-hybridized carbons (Fsp3) is 0.467. The second-order valence-electron chi connectivity index (χ2n) is 5.26. The number of hydrogen-bond acceptors (Lipinski definition) is 3. The number of nitrogens with zero attached hydrogens (tertiary/aromatic N) is 2. The summed E-state index contributed by atoms with van der Waals surface area (Å²) in [7, 11) is 0. The largest absolute Gasteiger partial charge is 0.378 e. The maximum atomic E-state index is 12.0. The van der Waals surface area contributed by atoms with Crippen LogP contribution in [0.15, 0.2) is 29.3 Å². The Morgan fingerprint density at radius 2 is 2.14 bits per heavy atom. The van der Waals surface area contributed by atoms with Gasteiger partial charge in [-0.15, -0.1) is 0 Å². The number of para-hydroxylation sites is 1. The van der Waals surface area contributed by atoms with E-state index in [0.717, 1.165) is 24.3 Å². The van der Waals surface area contributed by atoms with E-state index in [9.17, 15) is 4.79 Å². The number of aliphatic imine (C=N–C) groups is 1. The third-order valence-electron chi connectivity index (χ3n) is 3.94. The highest BCUT2D eigenvalue weighted by atomic mass is 16.5. The predicted molar refractivity (Wildman–Crippen MR) is 81.3 cm³/mol. The Labute approximate surface area is 124 Å². The van der Waals surface area contributed by atoms with Gasteiger partial charge < -0.3 is 20.7 Å². The van der Waals surface area contributed by atoms with Gasteiger partial charge in [0.25, 0.3) is 0 Å². The smallest absolute Gasteiger partial charge is 0.232 e. The number of fused-ring (bicyclic) bond motifs is 1. The highest BCUT2D eigenvalue weighted by Crippen LogP contribution is 2.34. The number of nitrogens with one attached hydrogen (secondary N) is 1. The molecule has 1 amide bonds. The number of rotatable bonds is 3. The van der Waals surface area contributed by atoms with Crippen LogP contribution in [0.1, 0.15) is 17.9 Å². The average Bonchev–Trinajstić information content (AvgIpc) is 2.84. The molecule has 6 nitrogen and oxygen atoms in total. The third-order valence-corrected chi connectivity index (χ3v) is 3.94. The Balaban J connectivity index is 1.59. The van der Waals surface area contributed by atoms with Crippen LogP contribution < -0.4 is 11.1 Å². The van der Waals surface area contributed by atoms with Gasteiger partial charge in [-0.1, -0.05) is 18.2 Å². The summed E-state index contributed by atoms with van der Waals surface area (Å²) in [6.07, 6.45) is 0.674. The summed E-state index contributed by atoms with van der Waals surface area (Å²) in [6, 6.07) is 7.80. The molecule has 2 aliphatic rings. The van der Waals surface area contributed by atoms with Crippen molar-refractivity contribution in [3.63, 3.8) is 0 Å². The van der Waals surface area contributed by atoms with E-state index in [4.69, 9.17) is 10.5 Å². The first-order valence-electron chi connectivity index (χ1n) is 7.28. The lowest BCUT2D eigenvalue weighted by atomic mass is 9.97. The molecular weight excluding hydrogens is 268 g/mol. The minimum absolute atomic E-state index is 0.0522. The topological polar surface area (TPSA) is 79.9 Å². The molecule has 1 aromatic rings. The predicted octanol–water partition coefficient (Wildman–Crippen LogP) is 0.759. The summed E-state index contributed by atoms with van der Waals surface area (Å²) >= 11 is 0. The van der Waals surface area contributed by atoms with Crippen LogP contribution >= 0.6 is 0 Å². The Morgan fingerprint density at radius 1 is 1.38 bits per heavy atom. The van der Waals surface area contributed by atoms with Crippen molar-refractivity contribution in [2.75, 3.05) is 38.2 Å². The molecule has 21 heavy (non-hydrogen) atoms. The SMILES string of the molecule is NC(=NCCC1C(=O)Nc2ccccc21)N1CCOCC1. The van der Waals surface area contributed by atoms with E-state index >= 15 is 0 Å². The number of ether oxygens (including phenoxy) is 1. The van der Waals surface area contributed by atoms with E-state index < -0.39 is 0 Å². The number of carbonyl (C=O) groups is 1. The summed E-state index contributed by atoms with van der Waals surface area (Å²) in [5, 5.41) is 2.90. The fourth-order valence-corrected chi connectivity index (χ4v) is 2.76. The first-order valence-corrected chi connectivity index (χ1v) is 7.28. The molecule has 0 saturated carbocycles. The maximum Gasteiger partial charge on any atom is 0.232 e. The van der Waals surface area contributed by atoms with E-state index in [2.05, 4.69) is 10.3 Å². The molecule has 3 N–H and O–H groups in total. The van der Waals surface area contributed by atoms with Crippen LogP contribution in [-0.4, -0.2) is 49.6 Å². The van der Waals surface area contributed by atoms with Crippen molar-refractivity contribution in [2.45, 2.75) is 12.3 Å². The number of guanidine groups is 1. The molecule has 0 spiro atoms. The van der Waals surface area contributed by atoms with E-state index in [1.54, 1.807) is 0 Å². The number of carbonyl (C=O) groups excluding carboxylic acids is 1. The van der Waals surface area contributed by atoms with Gasteiger partial charge in [-0.05, 0) is 18.1 Å². The molecule has 0 bridgehead atoms. The van der Waals surface area contributed by atoms with Crippen molar-refractivity contribution >= 4 is 17.6 Å². The van der Waals surface area contributed by atoms with Gasteiger partial charge in [0.1, 0.15) is 0 Å². The molecule has 1 atom stereocenters. The Hall–Kier alpha value is -2.08. The van der Waals surface area contributed by atoms with Gasteiger partial charge in [0.2, 0.25) is 5.91 Å². The van der Waals surface area contributed by atoms with E-state index in [-0.39, 0.29) is 11.8 Å². The summed E-state index contributed by atoms with van der Waals surface area (Å²) in [6.45, 7) is 3.49. The van der Waals surface area contributed by atoms with Gasteiger partial charge in [-0.25, -0.2) is 0 Å². The van der Waals surface area contributed by atoms with Crippen molar-refractivity contribution < 1.29 is 9.53 Å². The van der Waals surface area contributed by atoms with Gasteiger partial charge in [-0.2, -0.15) is 0 Å². The molecule has 1 unspecified atom stereocenters. The Bertz CT molecular complexity index is 552. The lowest BCUT2D eigenvalue weighted by Gasteiger charge is -2.27. The number of anilines is 1. The van der Waals surface area contributed by atoms with Gasteiger partial charge in [0.05, 0.1) is 19.1 Å². The molecule has 1 fully saturated rings. The normalized spacial score (nSPS) is 22.1. The molecule has 2 aliphatic heterocycles. The fourth-order valence-electron chi connectivity index (χ4n) is 2.76. The second-order valence-corrected chi connectivity index (χ2v) is 5.26. The highest BCUT2D eigenvalue weighted by molar-refractivity contribution is 6.02. The Morgan fingerprint density at radius 3 is 2.95 bits per heavy atom. The number of nitrogens with two attached hydrogens (primary N) is 1. The van der Waals surface area contributed by atoms with Crippen molar-refractivity contribution in [1.29, 1.82) is 0 Å². The quantitative estimate of drug-likeness (QED) is 0.635. The average molecular weight is 288 g/mol. The van der Waals surface area contributed by atoms with Crippen molar-refractivity contribution in [1.82, 2.24) is 4.90 Å². The van der Waals surface area contributed by atoms with Crippen LogP contribution in [0.2, 0.25) is 0 Å². The summed E-state index contributed by atoms with van der Waals surface area (Å²) in [5.74, 6) is 0.476. The molecular formula is C15H20N4O2. The van der Waals surface area contributed by atoms with Gasteiger partial charge in [0.15, 0.2) is 5.96 Å². The molecule has 0 aliphatic carbocycles. The number of hydrogen-bond donors (Lipinski definition) is 2. The minimum atomic E-state index is -0.123. The highest BCUT2D eigenvalue weighted by Gasteiger charge is 2.29. The number of benzene rings is 1. The molecule has 112 valence electrons. The van der Waals surface area contributed by atoms with Crippen LogP contribution in [0.4, 0.5) is 5.69 Å². The van der Waals surface area contributed by atoms with E-state index in [1.807, 2.05) is 29.2 Å². The molecule has 1 saturated heterocycles. The number of morpholine rings is 1. The molecule has 1 aromatic carbocycles. The van der Waals surface area contributed by atoms with Crippen molar-refractivity contribution in [3.05, 3.63) is 29.8 Å². The summed E-state index contributed by atoms with van der Waals surface area (Å²) in [4.78, 5) is 18.4. The molecule has 3 rings (SSSR count). The molecule has 0 aromatic heterocycles. The first-order chi connectivity index (χ1) is 10.3. The second kappa shape index (κ2) is 6.13. The molecule has 6 heteroatoms. The lowest BCUT2D eigenvalue weighted by molar-refractivity contribution is -0.117. The van der Waals surface area contributed by atoms with Crippen molar-refractivity contribution in [2.24, 2.45) is 10.7 Å². The molecule has 2 heterocycles. The third kappa shape index (κ3) is 3.00. The zero-order valence-electron chi connectivity index (χ0n) is 11.9. The summed E-state index contributed by atoms with van der Waals surface area (Å²) in [5.41, 5.74) is 7.95. The standard InChI is InChI=1S/C15H20N4O2/c16-15(19-7-9-21-10-8-19)17-6-5-12-11-3-1-2-4-13(11)18-14(12)20/h1-4,12H,5-10H2,(H2,16,17)(H,18,20). The van der Waals surface area contributed by atoms with Crippen LogP contribution in [-0.2, 0) is 9.53 Å². The lowest BCUT2D eigenvalue weighted by Crippen LogP contribution is -2.44. The van der Waals surface area contributed by atoms with E-state index in [0.29, 0.717) is 32.1 Å². The molecule has 0 radical (unpaired) electrons. The minimum Gasteiger partial charge on any atom is -0.378 e. The van der Waals surface area contributed by atoms with Gasteiger partial charge >= 0.3 is 0 Å². The Kier molecular flexibility index (Phi) is 4.06. The monoisotopic (exact) mass is 288 g/mol. The van der Waals surface area contributed by atoms with Gasteiger partial charge in [-0.3, -0.25) is 9.79 Å². The van der Waals surface area contributed by atoms with Crippen molar-refractivity contribution in [3.8, 4) is 0 Å². The van der Waals surface area contributed by atoms with E-state index in [1.165, 1.54) is 0 Å². The first kappa shape index (κ1) is 13.9.